The number of furan rings is 1. The summed E-state index contributed by atoms with van der Waals surface area (Å²) in [5, 5.41) is 4.72. The molecule has 10 aromatic carbocycles. The minimum Gasteiger partial charge on any atom is -0.456 e. The largest absolute Gasteiger partial charge is 0.456 e. The lowest BCUT2D eigenvalue weighted by molar-refractivity contribution is 0.662. The molecule has 63 heavy (non-hydrogen) atoms. The van der Waals surface area contributed by atoms with Crippen LogP contribution in [-0.2, 0) is 5.41 Å². The SMILES string of the molecule is CC1(C)c2ccccc2-c2cccc(-c3ccc(N(c4ccc(-c5ccc(-c6cccc(-c7ccc8ccccc8c7)c6)cc5)cc4)c4cccc5oc6ccccc6c45)cc3)c21. The average Bonchev–Trinajstić information content (AvgIpc) is 3.84. The number of nitrogens with zero attached hydrogens (tertiary/aromatic N) is 1. The van der Waals surface area contributed by atoms with E-state index in [4.69, 9.17) is 4.42 Å². The van der Waals surface area contributed by atoms with Gasteiger partial charge in [-0.25, -0.2) is 0 Å². The van der Waals surface area contributed by atoms with Crippen molar-refractivity contribution in [2.24, 2.45) is 0 Å². The van der Waals surface area contributed by atoms with Crippen molar-refractivity contribution < 1.29 is 4.42 Å². The van der Waals surface area contributed by atoms with Gasteiger partial charge in [-0.1, -0.05) is 184 Å². The van der Waals surface area contributed by atoms with Crippen molar-refractivity contribution in [3.63, 3.8) is 0 Å². The van der Waals surface area contributed by atoms with E-state index in [9.17, 15) is 0 Å². The van der Waals surface area contributed by atoms with E-state index in [0.29, 0.717) is 0 Å². The topological polar surface area (TPSA) is 16.4 Å². The third kappa shape index (κ3) is 6.17. The lowest BCUT2D eigenvalue weighted by atomic mass is 9.79. The van der Waals surface area contributed by atoms with Crippen LogP contribution in [0.1, 0.15) is 25.0 Å². The first-order valence-electron chi connectivity index (χ1n) is 21.8. The van der Waals surface area contributed by atoms with Crippen molar-refractivity contribution in [2.75, 3.05) is 4.90 Å². The van der Waals surface area contributed by atoms with Gasteiger partial charge < -0.3 is 9.32 Å². The van der Waals surface area contributed by atoms with Crippen LogP contribution in [0.25, 0.3) is 88.3 Å². The smallest absolute Gasteiger partial charge is 0.137 e. The molecule has 2 heteroatoms. The Morgan fingerprint density at radius 2 is 0.889 bits per heavy atom. The number of hydrogen-bond donors (Lipinski definition) is 0. The number of benzene rings is 10. The highest BCUT2D eigenvalue weighted by Crippen LogP contribution is 2.52. The quantitative estimate of drug-likeness (QED) is 0.160. The van der Waals surface area contributed by atoms with Crippen LogP contribution in [0.4, 0.5) is 17.1 Å². The highest BCUT2D eigenvalue weighted by atomic mass is 16.3. The fraction of sp³-hybridized carbons (Fsp3) is 0.0492. The molecule has 1 aromatic heterocycles. The molecule has 0 unspecified atom stereocenters. The van der Waals surface area contributed by atoms with Crippen molar-refractivity contribution in [2.45, 2.75) is 19.3 Å². The van der Waals surface area contributed by atoms with Crippen LogP contribution in [0, 0.1) is 0 Å². The molecule has 298 valence electrons. The van der Waals surface area contributed by atoms with Gasteiger partial charge in [0.25, 0.3) is 0 Å². The van der Waals surface area contributed by atoms with Crippen LogP contribution < -0.4 is 4.90 Å². The summed E-state index contributed by atoms with van der Waals surface area (Å²) in [5.74, 6) is 0. The summed E-state index contributed by atoms with van der Waals surface area (Å²) < 4.78 is 6.42. The van der Waals surface area contributed by atoms with E-state index in [1.807, 2.05) is 6.07 Å². The van der Waals surface area contributed by atoms with Crippen molar-refractivity contribution in [3.8, 4) is 55.6 Å². The Bertz CT molecular complexity index is 3520. The minimum atomic E-state index is -0.100. The Morgan fingerprint density at radius 3 is 1.67 bits per heavy atom. The second kappa shape index (κ2) is 14.6. The van der Waals surface area contributed by atoms with Crippen molar-refractivity contribution in [3.05, 3.63) is 236 Å². The predicted octanol–water partition coefficient (Wildman–Crippen LogP) is 17.2. The Hall–Kier alpha value is -7.94. The molecule has 0 atom stereocenters. The fourth-order valence-electron chi connectivity index (χ4n) is 10.2. The Balaban J connectivity index is 0.897. The monoisotopic (exact) mass is 805 g/mol. The third-order valence-corrected chi connectivity index (χ3v) is 13.3. The van der Waals surface area contributed by atoms with E-state index < -0.39 is 0 Å². The molecule has 12 rings (SSSR count). The molecule has 1 aliphatic rings. The molecule has 0 bridgehead atoms. The summed E-state index contributed by atoms with van der Waals surface area (Å²) in [6.07, 6.45) is 0. The molecule has 0 aliphatic heterocycles. The third-order valence-electron chi connectivity index (χ3n) is 13.3. The van der Waals surface area contributed by atoms with Crippen LogP contribution in [0.2, 0.25) is 0 Å². The van der Waals surface area contributed by atoms with Gasteiger partial charge in [0, 0.05) is 22.2 Å². The van der Waals surface area contributed by atoms with E-state index in [-0.39, 0.29) is 5.41 Å². The van der Waals surface area contributed by atoms with E-state index in [2.05, 4.69) is 237 Å². The molecule has 0 spiro atoms. The van der Waals surface area contributed by atoms with E-state index in [0.717, 1.165) is 39.0 Å². The number of rotatable bonds is 7. The van der Waals surface area contributed by atoms with Gasteiger partial charge in [0.1, 0.15) is 11.2 Å². The van der Waals surface area contributed by atoms with Gasteiger partial charge in [-0.05, 0) is 132 Å². The first kappa shape index (κ1) is 36.9. The maximum absolute atomic E-state index is 6.42. The second-order valence-corrected chi connectivity index (χ2v) is 17.3. The summed E-state index contributed by atoms with van der Waals surface area (Å²) in [7, 11) is 0. The average molecular weight is 806 g/mol. The van der Waals surface area contributed by atoms with Gasteiger partial charge in [-0.3, -0.25) is 0 Å². The summed E-state index contributed by atoms with van der Waals surface area (Å²) in [6.45, 7) is 4.72. The van der Waals surface area contributed by atoms with Gasteiger partial charge in [0.05, 0.1) is 11.1 Å². The number of para-hydroxylation sites is 1. The zero-order valence-corrected chi connectivity index (χ0v) is 35.2. The summed E-state index contributed by atoms with van der Waals surface area (Å²) in [5.41, 5.74) is 20.0. The maximum atomic E-state index is 6.42. The van der Waals surface area contributed by atoms with Crippen molar-refractivity contribution in [1.82, 2.24) is 0 Å². The van der Waals surface area contributed by atoms with Crippen molar-refractivity contribution >= 4 is 49.8 Å². The van der Waals surface area contributed by atoms with Gasteiger partial charge in [0.2, 0.25) is 0 Å². The molecular formula is C61H43NO. The molecule has 0 N–H and O–H groups in total. The van der Waals surface area contributed by atoms with Crippen LogP contribution in [0.15, 0.2) is 229 Å². The number of fused-ring (bicyclic) bond motifs is 7. The first-order valence-corrected chi connectivity index (χ1v) is 21.8. The molecule has 0 saturated heterocycles. The molecule has 1 aliphatic carbocycles. The molecule has 0 fully saturated rings. The van der Waals surface area contributed by atoms with Gasteiger partial charge in [-0.2, -0.15) is 0 Å². The maximum Gasteiger partial charge on any atom is 0.137 e. The lowest BCUT2D eigenvalue weighted by Gasteiger charge is -2.27. The van der Waals surface area contributed by atoms with E-state index >= 15 is 0 Å². The molecule has 0 radical (unpaired) electrons. The predicted molar refractivity (Wildman–Crippen MR) is 265 cm³/mol. The zero-order chi connectivity index (χ0) is 42.1. The normalized spacial score (nSPS) is 12.7. The summed E-state index contributed by atoms with van der Waals surface area (Å²) >= 11 is 0. The molecule has 2 nitrogen and oxygen atoms in total. The number of anilines is 3. The Morgan fingerprint density at radius 1 is 0.365 bits per heavy atom. The van der Waals surface area contributed by atoms with Crippen LogP contribution in [0.5, 0.6) is 0 Å². The second-order valence-electron chi connectivity index (χ2n) is 17.3. The Labute approximate surface area is 368 Å². The summed E-state index contributed by atoms with van der Waals surface area (Å²) in [4.78, 5) is 2.37. The first-order chi connectivity index (χ1) is 31.0. The molecule has 11 aromatic rings. The van der Waals surface area contributed by atoms with Crippen LogP contribution >= 0.6 is 0 Å². The van der Waals surface area contributed by atoms with Gasteiger partial charge in [0.15, 0.2) is 0 Å². The lowest BCUT2D eigenvalue weighted by Crippen LogP contribution is -2.16. The fourth-order valence-corrected chi connectivity index (χ4v) is 10.2. The minimum absolute atomic E-state index is 0.100. The standard InChI is InChI=1S/C61H43NO/c1-61(2)55-20-7-5-16-52(55)53-19-10-18-51(60(53)61)44-32-36-50(37-33-44)62(56-21-11-23-58-59(56)54-17-6-8-22-57(54)63-58)49-34-30-42(31-35-49)41-24-26-43(27-25-41)46-14-9-15-47(38-46)48-29-28-40-12-3-4-13-45(40)39-48/h3-39H,1-2H3. The summed E-state index contributed by atoms with van der Waals surface area (Å²) in [6, 6.07) is 81.5. The van der Waals surface area contributed by atoms with E-state index in [1.165, 1.54) is 77.5 Å². The van der Waals surface area contributed by atoms with Crippen molar-refractivity contribution in [1.29, 1.82) is 0 Å². The van der Waals surface area contributed by atoms with Crippen LogP contribution in [-0.4, -0.2) is 0 Å². The van der Waals surface area contributed by atoms with Crippen LogP contribution in [0.3, 0.4) is 0 Å². The molecule has 0 saturated carbocycles. The Kier molecular flexibility index (Phi) is 8.55. The van der Waals surface area contributed by atoms with E-state index in [1.54, 1.807) is 0 Å². The molecule has 0 amide bonds. The highest BCUT2D eigenvalue weighted by Gasteiger charge is 2.37. The zero-order valence-electron chi connectivity index (χ0n) is 35.2. The number of hydrogen-bond acceptors (Lipinski definition) is 2. The van der Waals surface area contributed by atoms with Gasteiger partial charge >= 0.3 is 0 Å². The van der Waals surface area contributed by atoms with Gasteiger partial charge in [-0.15, -0.1) is 0 Å². The highest BCUT2D eigenvalue weighted by molar-refractivity contribution is 6.13. The molecule has 1 heterocycles. The molecular weight excluding hydrogens is 763 g/mol.